The largest absolute Gasteiger partial charge is 0.456 e. The van der Waals surface area contributed by atoms with Crippen molar-refractivity contribution in [1.82, 2.24) is 0 Å². The van der Waals surface area contributed by atoms with E-state index in [0.717, 1.165) is 72.8 Å². The van der Waals surface area contributed by atoms with Crippen LogP contribution in [0.2, 0.25) is 0 Å². The third kappa shape index (κ3) is 3.89. The molecular formula is C46H29NO4. The summed E-state index contributed by atoms with van der Waals surface area (Å²) in [6, 6.07) is 47.0. The quantitative estimate of drug-likeness (QED) is 0.173. The fraction of sp³-hybridized carbons (Fsp3) is 0.0652. The summed E-state index contributed by atoms with van der Waals surface area (Å²) in [7, 11) is 0. The number of benzene rings is 7. The van der Waals surface area contributed by atoms with Crippen molar-refractivity contribution in [3.05, 3.63) is 161 Å². The maximum Gasteiger partial charge on any atom is 0.200 e. The van der Waals surface area contributed by atoms with Crippen LogP contribution in [0.4, 0.5) is 17.1 Å². The number of fused-ring (bicyclic) bond motifs is 9. The minimum absolute atomic E-state index is 0.0741. The predicted octanol–water partition coefficient (Wildman–Crippen LogP) is 12.4. The Kier molecular flexibility index (Phi) is 5.54. The molecule has 0 radical (unpaired) electrons. The van der Waals surface area contributed by atoms with Gasteiger partial charge in [-0.15, -0.1) is 0 Å². The number of hydrogen-bond acceptors (Lipinski definition) is 5. The van der Waals surface area contributed by atoms with Crippen LogP contribution in [0.5, 0.6) is 11.5 Å². The summed E-state index contributed by atoms with van der Waals surface area (Å²) >= 11 is 0. The molecule has 51 heavy (non-hydrogen) atoms. The molecule has 0 atom stereocenters. The Morgan fingerprint density at radius 3 is 2.06 bits per heavy atom. The molecule has 0 saturated carbocycles. The lowest BCUT2D eigenvalue weighted by Gasteiger charge is -2.44. The average Bonchev–Trinajstić information content (AvgIpc) is 3.55. The van der Waals surface area contributed by atoms with Gasteiger partial charge >= 0.3 is 0 Å². The number of furan rings is 1. The van der Waals surface area contributed by atoms with Gasteiger partial charge < -0.3 is 18.5 Å². The second-order valence-electron chi connectivity index (χ2n) is 14.0. The van der Waals surface area contributed by atoms with Crippen LogP contribution in [0.3, 0.4) is 0 Å². The summed E-state index contributed by atoms with van der Waals surface area (Å²) in [5, 5.41) is 3.17. The standard InChI is InChI=1S/C46H29NO4/c1-46(2)34-12-4-5-14-36(34)47-37-20-17-27(25-42(37)50-41-16-8-13-35(46)43(41)47)26-18-21-39-32(23-26)44(48)33-24-28(19-22-40(33)49-39)29-10-7-11-31-30-9-3-6-15-38(30)51-45(29)31/h3-25H,1-2H3. The van der Waals surface area contributed by atoms with E-state index in [2.05, 4.69) is 85.5 Å². The molecule has 9 aromatic rings. The Labute approximate surface area is 292 Å². The molecule has 0 amide bonds. The fourth-order valence-electron chi connectivity index (χ4n) is 8.31. The number of hydrogen-bond donors (Lipinski definition) is 0. The molecule has 0 N–H and O–H groups in total. The minimum atomic E-state index is -0.170. The van der Waals surface area contributed by atoms with Crippen molar-refractivity contribution in [3.63, 3.8) is 0 Å². The number of ether oxygens (including phenoxy) is 1. The highest BCUT2D eigenvalue weighted by atomic mass is 16.5. The SMILES string of the molecule is CC1(C)c2ccccc2N2c3ccc(-c4ccc5oc6ccc(-c7cccc8c7oc7ccccc78)cc6c(=O)c5c4)cc3Oc3cccc1c32. The first kappa shape index (κ1) is 28.3. The maximum absolute atomic E-state index is 14.2. The minimum Gasteiger partial charge on any atom is -0.456 e. The van der Waals surface area contributed by atoms with Gasteiger partial charge in [0.05, 0.1) is 27.8 Å². The van der Waals surface area contributed by atoms with Crippen LogP contribution in [0.1, 0.15) is 25.0 Å². The highest BCUT2D eigenvalue weighted by Crippen LogP contribution is 2.60. The van der Waals surface area contributed by atoms with Gasteiger partial charge in [-0.25, -0.2) is 0 Å². The van der Waals surface area contributed by atoms with Crippen molar-refractivity contribution in [3.8, 4) is 33.8 Å². The van der Waals surface area contributed by atoms with Crippen LogP contribution in [-0.2, 0) is 5.41 Å². The molecule has 2 aromatic heterocycles. The van der Waals surface area contributed by atoms with E-state index in [9.17, 15) is 4.79 Å². The summed E-state index contributed by atoms with van der Waals surface area (Å²) in [6.45, 7) is 4.55. The van der Waals surface area contributed by atoms with Crippen molar-refractivity contribution < 1.29 is 13.6 Å². The van der Waals surface area contributed by atoms with Gasteiger partial charge in [0.25, 0.3) is 0 Å². The second-order valence-corrected chi connectivity index (χ2v) is 14.0. The van der Waals surface area contributed by atoms with Gasteiger partial charge in [0.2, 0.25) is 5.43 Å². The number of nitrogens with zero attached hydrogens (tertiary/aromatic N) is 1. The van der Waals surface area contributed by atoms with Gasteiger partial charge in [-0.1, -0.05) is 98.8 Å². The normalized spacial score (nSPS) is 14.0. The molecule has 0 fully saturated rings. The van der Waals surface area contributed by atoms with Gasteiger partial charge in [0, 0.05) is 21.8 Å². The van der Waals surface area contributed by atoms with Gasteiger partial charge in [-0.05, 0) is 82.4 Å². The van der Waals surface area contributed by atoms with Crippen molar-refractivity contribution in [1.29, 1.82) is 0 Å². The molecule has 0 spiro atoms. The summed E-state index contributed by atoms with van der Waals surface area (Å²) in [4.78, 5) is 16.5. The van der Waals surface area contributed by atoms with Crippen LogP contribution in [0.15, 0.2) is 153 Å². The Balaban J connectivity index is 1.03. The molecule has 0 bridgehead atoms. The summed E-state index contributed by atoms with van der Waals surface area (Å²) in [5.41, 5.74) is 11.9. The van der Waals surface area contributed by atoms with Crippen molar-refractivity contribution in [2.45, 2.75) is 19.3 Å². The smallest absolute Gasteiger partial charge is 0.200 e. The van der Waals surface area contributed by atoms with Crippen molar-refractivity contribution in [2.24, 2.45) is 0 Å². The monoisotopic (exact) mass is 659 g/mol. The number of rotatable bonds is 2. The molecule has 0 aliphatic carbocycles. The fourth-order valence-corrected chi connectivity index (χ4v) is 8.31. The Bertz CT molecular complexity index is 3020. The van der Waals surface area contributed by atoms with E-state index in [0.29, 0.717) is 21.9 Å². The summed E-state index contributed by atoms with van der Waals surface area (Å²) in [5.74, 6) is 1.60. The zero-order valence-corrected chi connectivity index (χ0v) is 27.9. The third-order valence-corrected chi connectivity index (χ3v) is 10.9. The number of para-hydroxylation sites is 4. The van der Waals surface area contributed by atoms with Crippen LogP contribution < -0.4 is 15.1 Å². The van der Waals surface area contributed by atoms with Crippen LogP contribution in [0.25, 0.3) is 66.1 Å². The van der Waals surface area contributed by atoms with Gasteiger partial charge in [-0.2, -0.15) is 0 Å². The maximum atomic E-state index is 14.2. The topological polar surface area (TPSA) is 55.8 Å². The molecular weight excluding hydrogens is 631 g/mol. The Morgan fingerprint density at radius 2 is 1.18 bits per heavy atom. The van der Waals surface area contributed by atoms with Crippen LogP contribution >= 0.6 is 0 Å². The van der Waals surface area contributed by atoms with E-state index in [1.165, 1.54) is 11.1 Å². The molecule has 11 rings (SSSR count). The lowest BCUT2D eigenvalue weighted by Crippen LogP contribution is -2.32. The summed E-state index contributed by atoms with van der Waals surface area (Å²) in [6.07, 6.45) is 0. The Morgan fingerprint density at radius 1 is 0.510 bits per heavy atom. The van der Waals surface area contributed by atoms with Gasteiger partial charge in [0.15, 0.2) is 11.5 Å². The van der Waals surface area contributed by atoms with E-state index in [1.54, 1.807) is 0 Å². The van der Waals surface area contributed by atoms with Gasteiger partial charge in [-0.3, -0.25) is 4.79 Å². The molecule has 5 heteroatoms. The molecule has 0 saturated heterocycles. The summed E-state index contributed by atoms with van der Waals surface area (Å²) < 4.78 is 19.3. The van der Waals surface area contributed by atoms with E-state index in [4.69, 9.17) is 13.6 Å². The molecule has 242 valence electrons. The molecule has 5 nitrogen and oxygen atoms in total. The van der Waals surface area contributed by atoms with Crippen LogP contribution in [-0.4, -0.2) is 0 Å². The lowest BCUT2D eigenvalue weighted by atomic mass is 9.73. The number of anilines is 3. The first-order valence-corrected chi connectivity index (χ1v) is 17.2. The van der Waals surface area contributed by atoms with E-state index >= 15 is 0 Å². The van der Waals surface area contributed by atoms with Crippen molar-refractivity contribution >= 4 is 60.9 Å². The predicted molar refractivity (Wildman–Crippen MR) is 205 cm³/mol. The zero-order chi connectivity index (χ0) is 34.0. The van der Waals surface area contributed by atoms with Crippen LogP contribution in [0, 0.1) is 0 Å². The molecule has 7 aromatic carbocycles. The van der Waals surface area contributed by atoms with Gasteiger partial charge in [0.1, 0.15) is 22.3 Å². The molecule has 2 aliphatic heterocycles. The van der Waals surface area contributed by atoms with E-state index in [1.807, 2.05) is 72.8 Å². The second kappa shape index (κ2) is 9.99. The first-order valence-electron chi connectivity index (χ1n) is 17.2. The average molecular weight is 660 g/mol. The van der Waals surface area contributed by atoms with Crippen molar-refractivity contribution in [2.75, 3.05) is 4.90 Å². The highest BCUT2D eigenvalue weighted by Gasteiger charge is 2.41. The Hall–Kier alpha value is -6.59. The molecule has 0 unspecified atom stereocenters. The first-order chi connectivity index (χ1) is 24.9. The third-order valence-electron chi connectivity index (χ3n) is 10.9. The van der Waals surface area contributed by atoms with E-state index in [-0.39, 0.29) is 10.8 Å². The highest BCUT2D eigenvalue weighted by molar-refractivity contribution is 6.10. The van der Waals surface area contributed by atoms with E-state index < -0.39 is 0 Å². The molecule has 2 aliphatic rings. The molecule has 4 heterocycles. The lowest BCUT2D eigenvalue weighted by molar-refractivity contribution is 0.471. The zero-order valence-electron chi connectivity index (χ0n) is 27.9.